The number of ether oxygens (including phenoxy) is 1. The molecule has 1 unspecified atom stereocenters. The molecule has 0 radical (unpaired) electrons. The van der Waals surface area contributed by atoms with Crippen LogP contribution in [0.3, 0.4) is 0 Å². The zero-order valence-corrected chi connectivity index (χ0v) is 12.4. The number of carboxylic acid groups (broad SMARTS) is 1. The number of amides is 2. The van der Waals surface area contributed by atoms with E-state index in [1.807, 2.05) is 6.92 Å². The van der Waals surface area contributed by atoms with Crippen molar-refractivity contribution in [3.8, 4) is 0 Å². The molecule has 0 spiro atoms. The second kappa shape index (κ2) is 8.79. The molecule has 0 bridgehead atoms. The van der Waals surface area contributed by atoms with Gasteiger partial charge in [-0.1, -0.05) is 13.3 Å². The lowest BCUT2D eigenvalue weighted by Crippen LogP contribution is -2.46. The lowest BCUT2D eigenvalue weighted by Gasteiger charge is -2.32. The van der Waals surface area contributed by atoms with Gasteiger partial charge >= 0.3 is 12.0 Å². The number of hydrogen-bond donors (Lipinski definition) is 2. The Morgan fingerprint density at radius 2 is 2.05 bits per heavy atom. The van der Waals surface area contributed by atoms with Crippen LogP contribution < -0.4 is 5.32 Å². The Bertz CT molecular complexity index is 314. The minimum atomic E-state index is -0.813. The molecule has 1 aliphatic heterocycles. The number of nitrogens with zero attached hydrogens (tertiary/aromatic N) is 1. The number of hydrogen-bond acceptors (Lipinski definition) is 3. The molecule has 116 valence electrons. The quantitative estimate of drug-likeness (QED) is 0.744. The number of methoxy groups -OCH3 is 1. The lowest BCUT2D eigenvalue weighted by atomic mass is 9.98. The number of likely N-dealkylation sites (tertiary alicyclic amines) is 1. The van der Waals surface area contributed by atoms with Crippen LogP contribution in [0, 0.1) is 11.8 Å². The van der Waals surface area contributed by atoms with Crippen molar-refractivity contribution in [1.29, 1.82) is 0 Å². The smallest absolute Gasteiger partial charge is 0.317 e. The summed E-state index contributed by atoms with van der Waals surface area (Å²) in [6.07, 6.45) is 2.79. The molecule has 6 heteroatoms. The van der Waals surface area contributed by atoms with Crippen molar-refractivity contribution in [3.05, 3.63) is 0 Å². The second-order valence-corrected chi connectivity index (χ2v) is 5.44. The largest absolute Gasteiger partial charge is 0.481 e. The van der Waals surface area contributed by atoms with Crippen LogP contribution in [-0.2, 0) is 9.53 Å². The first-order chi connectivity index (χ1) is 9.56. The average molecular weight is 286 g/mol. The Kier molecular flexibility index (Phi) is 7.36. The molecule has 0 aromatic carbocycles. The van der Waals surface area contributed by atoms with Gasteiger partial charge in [0.25, 0.3) is 0 Å². The Hall–Kier alpha value is -1.30. The van der Waals surface area contributed by atoms with Crippen LogP contribution in [0.1, 0.15) is 32.6 Å². The molecule has 1 atom stereocenters. The summed E-state index contributed by atoms with van der Waals surface area (Å²) in [7, 11) is 1.70. The molecule has 0 aromatic rings. The number of urea groups is 1. The van der Waals surface area contributed by atoms with E-state index in [0.29, 0.717) is 12.5 Å². The zero-order valence-electron chi connectivity index (χ0n) is 12.4. The maximum Gasteiger partial charge on any atom is 0.317 e. The van der Waals surface area contributed by atoms with Crippen LogP contribution in [0.15, 0.2) is 0 Å². The summed E-state index contributed by atoms with van der Waals surface area (Å²) in [5.41, 5.74) is 0. The van der Waals surface area contributed by atoms with Crippen molar-refractivity contribution in [2.24, 2.45) is 11.8 Å². The third-order valence-corrected chi connectivity index (χ3v) is 3.89. The number of carbonyl (C=O) groups excluding carboxylic acids is 1. The SMILES string of the molecule is CCC(CNC(=O)N1CCC(COC)CC1)CC(=O)O. The molecular formula is C14H26N2O4. The summed E-state index contributed by atoms with van der Waals surface area (Å²) in [6.45, 7) is 4.62. The first kappa shape index (κ1) is 16.8. The van der Waals surface area contributed by atoms with E-state index in [1.165, 1.54) is 0 Å². The predicted octanol–water partition coefficient (Wildman–Crippen LogP) is 1.56. The minimum Gasteiger partial charge on any atom is -0.481 e. The predicted molar refractivity (Wildman–Crippen MR) is 75.6 cm³/mol. The number of carbonyl (C=O) groups is 2. The van der Waals surface area contributed by atoms with Gasteiger partial charge in [0.15, 0.2) is 0 Å². The van der Waals surface area contributed by atoms with Crippen LogP contribution in [0.2, 0.25) is 0 Å². The van der Waals surface area contributed by atoms with Gasteiger partial charge < -0.3 is 20.1 Å². The van der Waals surface area contributed by atoms with Crippen molar-refractivity contribution in [3.63, 3.8) is 0 Å². The molecule has 20 heavy (non-hydrogen) atoms. The highest BCUT2D eigenvalue weighted by molar-refractivity contribution is 5.74. The fourth-order valence-corrected chi connectivity index (χ4v) is 2.49. The molecule has 2 amide bonds. The molecular weight excluding hydrogens is 260 g/mol. The second-order valence-electron chi connectivity index (χ2n) is 5.44. The molecule has 1 heterocycles. The van der Waals surface area contributed by atoms with Gasteiger partial charge in [0.05, 0.1) is 0 Å². The summed E-state index contributed by atoms with van der Waals surface area (Å²) in [6, 6.07) is -0.0790. The van der Waals surface area contributed by atoms with Crippen LogP contribution >= 0.6 is 0 Å². The highest BCUT2D eigenvalue weighted by atomic mass is 16.5. The maximum atomic E-state index is 12.0. The lowest BCUT2D eigenvalue weighted by molar-refractivity contribution is -0.138. The summed E-state index contributed by atoms with van der Waals surface area (Å²) < 4.78 is 5.13. The Labute approximate surface area is 120 Å². The van der Waals surface area contributed by atoms with Crippen molar-refractivity contribution in [2.75, 3.05) is 33.4 Å². The Morgan fingerprint density at radius 1 is 1.40 bits per heavy atom. The van der Waals surface area contributed by atoms with E-state index >= 15 is 0 Å². The standard InChI is InChI=1S/C14H26N2O4/c1-3-11(8-13(17)18)9-15-14(19)16-6-4-12(5-7-16)10-20-2/h11-12H,3-10H2,1-2H3,(H,15,19)(H,17,18). The number of nitrogens with one attached hydrogen (secondary N) is 1. The highest BCUT2D eigenvalue weighted by Crippen LogP contribution is 2.17. The summed E-state index contributed by atoms with van der Waals surface area (Å²) in [4.78, 5) is 24.5. The molecule has 0 aromatic heterocycles. The van der Waals surface area contributed by atoms with Gasteiger partial charge in [0.1, 0.15) is 0 Å². The molecule has 1 rings (SSSR count). The van der Waals surface area contributed by atoms with Crippen LogP contribution in [0.25, 0.3) is 0 Å². The fourth-order valence-electron chi connectivity index (χ4n) is 2.49. The molecule has 0 saturated carbocycles. The zero-order chi connectivity index (χ0) is 15.0. The number of rotatable bonds is 7. The molecule has 0 aliphatic carbocycles. The summed E-state index contributed by atoms with van der Waals surface area (Å²) in [5.74, 6) is -0.270. The molecule has 1 fully saturated rings. The van der Waals surface area contributed by atoms with E-state index < -0.39 is 5.97 Å². The van der Waals surface area contributed by atoms with Gasteiger partial charge in [-0.2, -0.15) is 0 Å². The van der Waals surface area contributed by atoms with Crippen molar-refractivity contribution >= 4 is 12.0 Å². The third kappa shape index (κ3) is 5.77. The van der Waals surface area contributed by atoms with E-state index in [2.05, 4.69) is 5.32 Å². The van der Waals surface area contributed by atoms with Crippen LogP contribution in [-0.4, -0.2) is 55.4 Å². The van der Waals surface area contributed by atoms with Gasteiger partial charge in [0, 0.05) is 39.8 Å². The van der Waals surface area contributed by atoms with Crippen molar-refractivity contribution in [1.82, 2.24) is 10.2 Å². The average Bonchev–Trinajstić information content (AvgIpc) is 2.44. The molecule has 6 nitrogen and oxygen atoms in total. The molecule has 1 saturated heterocycles. The van der Waals surface area contributed by atoms with Crippen molar-refractivity contribution in [2.45, 2.75) is 32.6 Å². The number of carboxylic acids is 1. The minimum absolute atomic E-state index is 0.00230. The normalized spacial score (nSPS) is 17.8. The van der Waals surface area contributed by atoms with Gasteiger partial charge in [-0.3, -0.25) is 4.79 Å². The molecule has 1 aliphatic rings. The van der Waals surface area contributed by atoms with E-state index in [1.54, 1.807) is 12.0 Å². The van der Waals surface area contributed by atoms with Gasteiger partial charge in [-0.15, -0.1) is 0 Å². The van der Waals surface area contributed by atoms with Gasteiger partial charge in [-0.25, -0.2) is 4.79 Å². The topological polar surface area (TPSA) is 78.9 Å². The fraction of sp³-hybridized carbons (Fsp3) is 0.857. The number of piperidine rings is 1. The maximum absolute atomic E-state index is 12.0. The van der Waals surface area contributed by atoms with E-state index in [4.69, 9.17) is 9.84 Å². The van der Waals surface area contributed by atoms with Crippen molar-refractivity contribution < 1.29 is 19.4 Å². The van der Waals surface area contributed by atoms with Gasteiger partial charge in [0.2, 0.25) is 0 Å². The first-order valence-electron chi connectivity index (χ1n) is 7.30. The third-order valence-electron chi connectivity index (χ3n) is 3.89. The van der Waals surface area contributed by atoms with E-state index in [0.717, 1.165) is 39.0 Å². The molecule has 2 N–H and O–H groups in total. The van der Waals surface area contributed by atoms with Crippen LogP contribution in [0.4, 0.5) is 4.79 Å². The number of aliphatic carboxylic acids is 1. The van der Waals surface area contributed by atoms with Gasteiger partial charge in [-0.05, 0) is 24.7 Å². The summed E-state index contributed by atoms with van der Waals surface area (Å²) in [5, 5.41) is 11.6. The van der Waals surface area contributed by atoms with Crippen LogP contribution in [0.5, 0.6) is 0 Å². The van der Waals surface area contributed by atoms with E-state index in [-0.39, 0.29) is 18.4 Å². The van der Waals surface area contributed by atoms with E-state index in [9.17, 15) is 9.59 Å². The monoisotopic (exact) mass is 286 g/mol. The summed E-state index contributed by atoms with van der Waals surface area (Å²) >= 11 is 0. The Balaban J connectivity index is 2.27. The Morgan fingerprint density at radius 3 is 2.55 bits per heavy atom. The highest BCUT2D eigenvalue weighted by Gasteiger charge is 2.23. The first-order valence-corrected chi connectivity index (χ1v) is 7.30.